The molecule has 0 radical (unpaired) electrons. The Morgan fingerprint density at radius 2 is 2.40 bits per heavy atom. The predicted molar refractivity (Wildman–Crippen MR) is 35.8 cm³/mol. The van der Waals surface area contributed by atoms with Crippen LogP contribution in [0.1, 0.15) is 0 Å². The minimum absolute atomic E-state index is 0.0745. The van der Waals surface area contributed by atoms with Gasteiger partial charge in [-0.05, 0) is 0 Å². The highest BCUT2D eigenvalue weighted by Crippen LogP contribution is 2.22. The maximum Gasteiger partial charge on any atom is 0.410 e. The van der Waals surface area contributed by atoms with Crippen molar-refractivity contribution in [3.63, 3.8) is 0 Å². The van der Waals surface area contributed by atoms with E-state index >= 15 is 0 Å². The lowest BCUT2D eigenvalue weighted by atomic mass is 10.7. The first-order valence-electron chi connectivity index (χ1n) is 2.41. The van der Waals surface area contributed by atoms with E-state index in [0.717, 1.165) is 0 Å². The minimum Gasteiger partial charge on any atom is -0.377 e. The van der Waals surface area contributed by atoms with E-state index < -0.39 is 14.3 Å². The Morgan fingerprint density at radius 3 is 2.80 bits per heavy atom. The Labute approximate surface area is 58.8 Å². The number of rotatable bonds is 4. The van der Waals surface area contributed by atoms with E-state index in [4.69, 9.17) is 0 Å². The topological polar surface area (TPSA) is 78.6 Å². The molecule has 0 saturated carbocycles. The number of amides is 1. The molecule has 1 unspecified atom stereocenters. The van der Waals surface area contributed by atoms with Gasteiger partial charge < -0.3 is 10.3 Å². The number of nitrogens with two attached hydrogens (primary N) is 1. The van der Waals surface area contributed by atoms with Gasteiger partial charge in [-0.15, -0.1) is 6.58 Å². The number of hydrogen-bond acceptors (Lipinski definition) is 4. The highest BCUT2D eigenvalue weighted by molar-refractivity contribution is 7.34. The molecule has 0 aliphatic heterocycles. The van der Waals surface area contributed by atoms with Crippen molar-refractivity contribution < 1.29 is 18.4 Å². The third-order valence-electron chi connectivity index (χ3n) is 0.503. The third kappa shape index (κ3) is 5.34. The van der Waals surface area contributed by atoms with Crippen LogP contribution in [0.3, 0.4) is 0 Å². The molecular weight excluding hydrogens is 157 g/mol. The molecule has 1 atom stereocenters. The van der Waals surface area contributed by atoms with Crippen LogP contribution in [-0.4, -0.2) is 12.7 Å². The van der Waals surface area contributed by atoms with Crippen molar-refractivity contribution in [1.29, 1.82) is 0 Å². The normalized spacial score (nSPS) is 12.0. The Kier molecular flexibility index (Phi) is 4.62. The highest BCUT2D eigenvalue weighted by atomic mass is 31.1. The van der Waals surface area contributed by atoms with Crippen molar-refractivity contribution in [1.82, 2.24) is 0 Å². The Morgan fingerprint density at radius 1 is 1.80 bits per heavy atom. The van der Waals surface area contributed by atoms with Crippen LogP contribution in [0.2, 0.25) is 0 Å². The van der Waals surface area contributed by atoms with Crippen LogP contribution in [0, 0.1) is 0 Å². The predicted octanol–water partition coefficient (Wildman–Crippen LogP) is 0.674. The molecule has 6 heteroatoms. The summed E-state index contributed by atoms with van der Waals surface area (Å²) >= 11 is 0. The van der Waals surface area contributed by atoms with Crippen LogP contribution >= 0.6 is 8.25 Å². The van der Waals surface area contributed by atoms with Crippen molar-refractivity contribution in [3.05, 3.63) is 12.7 Å². The maximum atomic E-state index is 10.4. The van der Waals surface area contributed by atoms with Gasteiger partial charge in [0.15, 0.2) is 0 Å². The van der Waals surface area contributed by atoms with Gasteiger partial charge in [0.2, 0.25) is 0 Å². The van der Waals surface area contributed by atoms with Gasteiger partial charge in [0.05, 0.1) is 6.61 Å². The molecule has 2 N–H and O–H groups in total. The molecule has 0 fully saturated rings. The molecule has 0 aromatic rings. The maximum absolute atomic E-state index is 10.4. The second kappa shape index (κ2) is 5.02. The summed E-state index contributed by atoms with van der Waals surface area (Å²) in [5.74, 6) is 0. The van der Waals surface area contributed by atoms with Gasteiger partial charge in [-0.25, -0.2) is 9.36 Å². The standard InChI is InChI=1S/C4H8NO4P/c1-2-3-8-10(7)9-4(5)6/h2,10H,1,3H2,(H2,5,6). The fraction of sp³-hybridized carbons (Fsp3) is 0.250. The lowest BCUT2D eigenvalue weighted by Gasteiger charge is -1.98. The molecule has 0 aromatic heterocycles. The zero-order chi connectivity index (χ0) is 7.98. The smallest absolute Gasteiger partial charge is 0.377 e. The quantitative estimate of drug-likeness (QED) is 0.490. The fourth-order valence-electron chi connectivity index (χ4n) is 0.239. The van der Waals surface area contributed by atoms with Crippen molar-refractivity contribution in [2.45, 2.75) is 0 Å². The van der Waals surface area contributed by atoms with Crippen molar-refractivity contribution in [2.24, 2.45) is 5.73 Å². The van der Waals surface area contributed by atoms with E-state index in [2.05, 4.69) is 21.4 Å². The summed E-state index contributed by atoms with van der Waals surface area (Å²) in [6, 6.07) is 0. The second-order valence-electron chi connectivity index (χ2n) is 1.27. The van der Waals surface area contributed by atoms with Crippen LogP contribution in [0.4, 0.5) is 4.79 Å². The molecule has 10 heavy (non-hydrogen) atoms. The van der Waals surface area contributed by atoms with Crippen LogP contribution in [0.25, 0.3) is 0 Å². The average Bonchev–Trinajstić information content (AvgIpc) is 1.82. The summed E-state index contributed by atoms with van der Waals surface area (Å²) in [5.41, 5.74) is 4.52. The number of primary amides is 1. The molecule has 5 nitrogen and oxygen atoms in total. The van der Waals surface area contributed by atoms with E-state index in [-0.39, 0.29) is 6.61 Å². The average molecular weight is 165 g/mol. The highest BCUT2D eigenvalue weighted by Gasteiger charge is 2.00. The zero-order valence-corrected chi connectivity index (χ0v) is 6.20. The van der Waals surface area contributed by atoms with Crippen molar-refractivity contribution in [2.75, 3.05) is 6.61 Å². The first-order chi connectivity index (χ1) is 4.66. The van der Waals surface area contributed by atoms with Crippen molar-refractivity contribution >= 4 is 14.3 Å². The monoisotopic (exact) mass is 165 g/mol. The van der Waals surface area contributed by atoms with Gasteiger partial charge in [-0.3, -0.25) is 4.52 Å². The molecule has 0 bridgehead atoms. The molecule has 0 saturated heterocycles. The van der Waals surface area contributed by atoms with Gasteiger partial charge in [-0.2, -0.15) is 0 Å². The van der Waals surface area contributed by atoms with Crippen LogP contribution in [0.5, 0.6) is 0 Å². The van der Waals surface area contributed by atoms with E-state index in [0.29, 0.717) is 0 Å². The minimum atomic E-state index is -2.75. The Hall–Kier alpha value is -0.800. The van der Waals surface area contributed by atoms with E-state index in [1.54, 1.807) is 0 Å². The summed E-state index contributed by atoms with van der Waals surface area (Å²) in [4.78, 5) is 9.89. The lowest BCUT2D eigenvalue weighted by molar-refractivity contribution is 0.201. The first kappa shape index (κ1) is 9.20. The van der Waals surface area contributed by atoms with E-state index in [9.17, 15) is 9.36 Å². The van der Waals surface area contributed by atoms with Crippen LogP contribution in [0.15, 0.2) is 12.7 Å². The fourth-order valence-corrected chi connectivity index (χ4v) is 0.716. The first-order valence-corrected chi connectivity index (χ1v) is 3.64. The largest absolute Gasteiger partial charge is 0.410 e. The second-order valence-corrected chi connectivity index (χ2v) is 2.26. The molecule has 0 heterocycles. The summed E-state index contributed by atoms with van der Waals surface area (Å²) in [6.07, 6.45) is 0.278. The lowest BCUT2D eigenvalue weighted by Crippen LogP contribution is -2.08. The summed E-state index contributed by atoms with van der Waals surface area (Å²) in [6.45, 7) is 3.37. The number of carbonyl (C=O) groups is 1. The van der Waals surface area contributed by atoms with Gasteiger partial charge >= 0.3 is 14.3 Å². The molecule has 58 valence electrons. The molecule has 0 spiro atoms. The summed E-state index contributed by atoms with van der Waals surface area (Å²) < 4.78 is 18.8. The van der Waals surface area contributed by atoms with Gasteiger partial charge in [0.25, 0.3) is 0 Å². The van der Waals surface area contributed by atoms with Crippen LogP contribution in [-0.2, 0) is 13.6 Å². The molecular formula is C4H8NO4P. The molecule has 0 rings (SSSR count). The Bertz CT molecular complexity index is 157. The summed E-state index contributed by atoms with van der Waals surface area (Å²) in [5, 5.41) is 0. The zero-order valence-electron chi connectivity index (χ0n) is 5.20. The van der Waals surface area contributed by atoms with Crippen molar-refractivity contribution in [3.8, 4) is 0 Å². The Balaban J connectivity index is 3.43. The molecule has 0 aromatic carbocycles. The third-order valence-corrected chi connectivity index (χ3v) is 1.27. The molecule has 1 amide bonds. The number of carbonyl (C=O) groups excluding carboxylic acids is 1. The SMILES string of the molecule is C=CCO[PH](=O)OC(N)=O. The van der Waals surface area contributed by atoms with Crippen LogP contribution < -0.4 is 5.73 Å². The van der Waals surface area contributed by atoms with Gasteiger partial charge in [0.1, 0.15) is 0 Å². The van der Waals surface area contributed by atoms with E-state index in [1.165, 1.54) is 6.08 Å². The van der Waals surface area contributed by atoms with Gasteiger partial charge in [-0.1, -0.05) is 6.08 Å². The van der Waals surface area contributed by atoms with Gasteiger partial charge in [0, 0.05) is 0 Å². The van der Waals surface area contributed by atoms with E-state index in [1.807, 2.05) is 0 Å². The molecule has 0 aliphatic carbocycles. The molecule has 0 aliphatic rings. The summed E-state index contributed by atoms with van der Waals surface area (Å²) in [7, 11) is -2.75. The number of hydrogen-bond donors (Lipinski definition) is 1.